The van der Waals surface area contributed by atoms with E-state index in [1.54, 1.807) is 6.92 Å². The summed E-state index contributed by atoms with van der Waals surface area (Å²) in [6.07, 6.45) is 0. The number of amides is 1. The molecule has 0 saturated heterocycles. The average Bonchev–Trinajstić information content (AvgIpc) is 2.76. The smallest absolute Gasteiger partial charge is 0.268 e. The molecule has 4 nitrogen and oxygen atoms in total. The van der Waals surface area contributed by atoms with Gasteiger partial charge >= 0.3 is 0 Å². The second-order valence-electron chi connectivity index (χ2n) is 5.33. The van der Waals surface area contributed by atoms with Crippen molar-refractivity contribution >= 4 is 5.91 Å². The van der Waals surface area contributed by atoms with Crippen molar-refractivity contribution in [1.29, 1.82) is 0 Å². The monoisotopic (exact) mass is 272 g/mol. The van der Waals surface area contributed by atoms with E-state index in [0.29, 0.717) is 5.69 Å². The van der Waals surface area contributed by atoms with Gasteiger partial charge < -0.3 is 15.4 Å². The first-order chi connectivity index (χ1) is 9.40. The lowest BCUT2D eigenvalue weighted by Gasteiger charge is -2.24. The fraction of sp³-hybridized carbons (Fsp3) is 0.312. The highest BCUT2D eigenvalue weighted by Gasteiger charge is 2.24. The molecule has 1 atom stereocenters. The highest BCUT2D eigenvalue weighted by atomic mass is 16.3. The fourth-order valence-electron chi connectivity index (χ4n) is 2.20. The number of benzene rings is 1. The van der Waals surface area contributed by atoms with Gasteiger partial charge in [-0.3, -0.25) is 4.79 Å². The van der Waals surface area contributed by atoms with Gasteiger partial charge in [0.1, 0.15) is 11.3 Å². The number of rotatable bonds is 4. The third kappa shape index (κ3) is 3.08. The molecule has 106 valence electrons. The summed E-state index contributed by atoms with van der Waals surface area (Å²) in [6, 6.07) is 11.2. The molecule has 0 spiro atoms. The second kappa shape index (κ2) is 5.51. The lowest BCUT2D eigenvalue weighted by molar-refractivity contribution is 0.0525. The van der Waals surface area contributed by atoms with Crippen LogP contribution in [0.2, 0.25) is 0 Å². The minimum Gasteiger partial charge on any atom is -0.384 e. The van der Waals surface area contributed by atoms with Crippen LogP contribution in [0.15, 0.2) is 36.4 Å². The Morgan fingerprint density at radius 2 is 1.95 bits per heavy atom. The van der Waals surface area contributed by atoms with E-state index in [-0.39, 0.29) is 12.5 Å². The van der Waals surface area contributed by atoms with Gasteiger partial charge in [0, 0.05) is 5.69 Å². The summed E-state index contributed by atoms with van der Waals surface area (Å²) in [4.78, 5) is 15.1. The SMILES string of the molecule is Cc1cc(C)c(C(=O)NCC(C)(O)c2ccccc2)[nH]1. The molecule has 0 fully saturated rings. The standard InChI is InChI=1S/C16H20N2O2/c1-11-9-12(2)18-14(11)15(19)17-10-16(3,20)13-7-5-4-6-8-13/h4-9,18,20H,10H2,1-3H3,(H,17,19). The molecule has 2 rings (SSSR count). The normalized spacial score (nSPS) is 13.8. The summed E-state index contributed by atoms with van der Waals surface area (Å²) >= 11 is 0. The summed E-state index contributed by atoms with van der Waals surface area (Å²) in [5.41, 5.74) is 2.08. The highest BCUT2D eigenvalue weighted by molar-refractivity contribution is 5.94. The molecule has 1 aromatic heterocycles. The van der Waals surface area contributed by atoms with E-state index in [9.17, 15) is 9.90 Å². The van der Waals surface area contributed by atoms with Crippen LogP contribution in [0.4, 0.5) is 0 Å². The Labute approximate surface area is 118 Å². The van der Waals surface area contributed by atoms with Crippen molar-refractivity contribution in [2.75, 3.05) is 6.54 Å². The van der Waals surface area contributed by atoms with Crippen molar-refractivity contribution in [3.8, 4) is 0 Å². The van der Waals surface area contributed by atoms with Crippen LogP contribution in [0.25, 0.3) is 0 Å². The van der Waals surface area contributed by atoms with Gasteiger partial charge in [0.05, 0.1) is 6.54 Å². The molecule has 1 aromatic carbocycles. The number of hydrogen-bond donors (Lipinski definition) is 3. The molecular weight excluding hydrogens is 252 g/mol. The summed E-state index contributed by atoms with van der Waals surface area (Å²) in [6.45, 7) is 5.64. The van der Waals surface area contributed by atoms with Crippen LogP contribution in [0.3, 0.4) is 0 Å². The number of aliphatic hydroxyl groups is 1. The number of aromatic nitrogens is 1. The lowest BCUT2D eigenvalue weighted by atomic mass is 9.96. The highest BCUT2D eigenvalue weighted by Crippen LogP contribution is 2.19. The van der Waals surface area contributed by atoms with E-state index in [2.05, 4.69) is 10.3 Å². The topological polar surface area (TPSA) is 65.1 Å². The Morgan fingerprint density at radius 3 is 2.50 bits per heavy atom. The molecule has 4 heteroatoms. The molecule has 2 aromatic rings. The number of aromatic amines is 1. The molecule has 3 N–H and O–H groups in total. The number of H-pyrrole nitrogens is 1. The van der Waals surface area contributed by atoms with Gasteiger partial charge in [-0.1, -0.05) is 30.3 Å². The molecule has 0 aliphatic carbocycles. The first-order valence-corrected chi connectivity index (χ1v) is 6.62. The van der Waals surface area contributed by atoms with E-state index in [4.69, 9.17) is 0 Å². The maximum absolute atomic E-state index is 12.1. The molecule has 1 amide bonds. The molecule has 0 aliphatic heterocycles. The number of hydrogen-bond acceptors (Lipinski definition) is 2. The maximum atomic E-state index is 12.1. The van der Waals surface area contributed by atoms with Crippen molar-refractivity contribution in [2.45, 2.75) is 26.4 Å². The summed E-state index contributed by atoms with van der Waals surface area (Å²) in [7, 11) is 0. The predicted molar refractivity (Wildman–Crippen MR) is 78.6 cm³/mol. The fourth-order valence-corrected chi connectivity index (χ4v) is 2.20. The van der Waals surface area contributed by atoms with Gasteiger partial charge in [0.15, 0.2) is 0 Å². The van der Waals surface area contributed by atoms with Crippen LogP contribution < -0.4 is 5.32 Å². The third-order valence-electron chi connectivity index (χ3n) is 3.37. The molecule has 1 heterocycles. The van der Waals surface area contributed by atoms with Gasteiger partial charge in [0.2, 0.25) is 0 Å². The van der Waals surface area contributed by atoms with Crippen LogP contribution in [0.5, 0.6) is 0 Å². The van der Waals surface area contributed by atoms with Crippen molar-refractivity contribution in [2.24, 2.45) is 0 Å². The summed E-state index contributed by atoms with van der Waals surface area (Å²) in [5, 5.41) is 13.2. The quantitative estimate of drug-likeness (QED) is 0.799. The zero-order chi connectivity index (χ0) is 14.8. The summed E-state index contributed by atoms with van der Waals surface area (Å²) in [5.74, 6) is -0.202. The number of aryl methyl sites for hydroxylation is 2. The van der Waals surface area contributed by atoms with Gasteiger partial charge in [-0.2, -0.15) is 0 Å². The maximum Gasteiger partial charge on any atom is 0.268 e. The molecule has 0 saturated carbocycles. The van der Waals surface area contributed by atoms with Crippen molar-refractivity contribution in [3.05, 3.63) is 58.9 Å². The van der Waals surface area contributed by atoms with Gasteiger partial charge in [-0.05, 0) is 38.0 Å². The molecule has 0 bridgehead atoms. The molecule has 20 heavy (non-hydrogen) atoms. The number of carbonyl (C=O) groups is 1. The average molecular weight is 272 g/mol. The Kier molecular flexibility index (Phi) is 3.95. The Morgan fingerprint density at radius 1 is 1.30 bits per heavy atom. The van der Waals surface area contributed by atoms with Gasteiger partial charge in [0.25, 0.3) is 5.91 Å². The van der Waals surface area contributed by atoms with Crippen LogP contribution in [-0.2, 0) is 5.60 Å². The van der Waals surface area contributed by atoms with Crippen molar-refractivity contribution < 1.29 is 9.90 Å². The van der Waals surface area contributed by atoms with Crippen molar-refractivity contribution in [1.82, 2.24) is 10.3 Å². The van der Waals surface area contributed by atoms with E-state index in [1.165, 1.54) is 0 Å². The Bertz CT molecular complexity index is 600. The van der Waals surface area contributed by atoms with E-state index in [1.807, 2.05) is 50.2 Å². The minimum absolute atomic E-state index is 0.160. The van der Waals surface area contributed by atoms with E-state index >= 15 is 0 Å². The van der Waals surface area contributed by atoms with Crippen LogP contribution in [0, 0.1) is 13.8 Å². The van der Waals surface area contributed by atoms with E-state index < -0.39 is 5.60 Å². The molecular formula is C16H20N2O2. The van der Waals surface area contributed by atoms with Gasteiger partial charge in [-0.25, -0.2) is 0 Å². The van der Waals surface area contributed by atoms with Crippen molar-refractivity contribution in [3.63, 3.8) is 0 Å². The molecule has 0 radical (unpaired) electrons. The predicted octanol–water partition coefficient (Wildman–Crippen LogP) is 2.27. The zero-order valence-electron chi connectivity index (χ0n) is 12.0. The van der Waals surface area contributed by atoms with Crippen LogP contribution in [-0.4, -0.2) is 22.5 Å². The summed E-state index contributed by atoms with van der Waals surface area (Å²) < 4.78 is 0. The minimum atomic E-state index is -1.09. The first-order valence-electron chi connectivity index (χ1n) is 6.62. The first kappa shape index (κ1) is 14.3. The van der Waals surface area contributed by atoms with E-state index in [0.717, 1.165) is 16.8 Å². The molecule has 0 aliphatic rings. The Hall–Kier alpha value is -2.07. The van der Waals surface area contributed by atoms with Crippen LogP contribution >= 0.6 is 0 Å². The Balaban J connectivity index is 2.05. The number of nitrogens with one attached hydrogen (secondary N) is 2. The zero-order valence-corrected chi connectivity index (χ0v) is 12.0. The largest absolute Gasteiger partial charge is 0.384 e. The second-order valence-corrected chi connectivity index (χ2v) is 5.33. The van der Waals surface area contributed by atoms with Crippen LogP contribution in [0.1, 0.15) is 34.2 Å². The number of carbonyl (C=O) groups excluding carboxylic acids is 1. The molecule has 1 unspecified atom stereocenters. The third-order valence-corrected chi connectivity index (χ3v) is 3.37. The van der Waals surface area contributed by atoms with Gasteiger partial charge in [-0.15, -0.1) is 0 Å². The lowest BCUT2D eigenvalue weighted by Crippen LogP contribution is -2.38.